The molecule has 0 saturated heterocycles. The summed E-state index contributed by atoms with van der Waals surface area (Å²) in [7, 11) is -3.80. The van der Waals surface area contributed by atoms with Crippen LogP contribution in [0.25, 0.3) is 5.69 Å². The molecule has 1 aromatic heterocycles. The van der Waals surface area contributed by atoms with Gasteiger partial charge in [-0.05, 0) is 42.8 Å². The Kier molecular flexibility index (Phi) is 6.02. The summed E-state index contributed by atoms with van der Waals surface area (Å²) in [6.07, 6.45) is 0.0480. The van der Waals surface area contributed by atoms with Gasteiger partial charge in [-0.1, -0.05) is 54.6 Å². The normalized spacial score (nSPS) is 11.4. The van der Waals surface area contributed by atoms with E-state index in [1.165, 1.54) is 27.6 Å². The fourth-order valence-corrected chi connectivity index (χ4v) is 5.39. The Labute approximate surface area is 191 Å². The molecule has 7 nitrogen and oxygen atoms in total. The zero-order chi connectivity index (χ0) is 23.6. The minimum Gasteiger partial charge on any atom is -0.480 e. The monoisotopic (exact) mass is 462 g/mol. The molecule has 1 N–H and O–H groups in total. The van der Waals surface area contributed by atoms with Gasteiger partial charge in [0.15, 0.2) is 0 Å². The molecule has 1 heterocycles. The number of hydrogen-bond donors (Lipinski definition) is 1. The number of rotatable bonds is 7. The Bertz CT molecular complexity index is 1470. The second kappa shape index (κ2) is 8.91. The van der Waals surface area contributed by atoms with Gasteiger partial charge in [0.2, 0.25) is 9.84 Å². The van der Waals surface area contributed by atoms with E-state index in [0.29, 0.717) is 22.5 Å². The van der Waals surface area contributed by atoms with Gasteiger partial charge < -0.3 is 5.11 Å². The number of para-hydroxylation sites is 1. The van der Waals surface area contributed by atoms with Gasteiger partial charge in [0.05, 0.1) is 15.5 Å². The number of carboxylic acids is 1. The van der Waals surface area contributed by atoms with E-state index in [0.717, 1.165) is 0 Å². The van der Waals surface area contributed by atoms with E-state index >= 15 is 0 Å². The minimum atomic E-state index is -3.80. The average molecular weight is 463 g/mol. The number of benzene rings is 3. The third kappa shape index (κ3) is 4.25. The van der Waals surface area contributed by atoms with E-state index in [1.54, 1.807) is 73.7 Å². The van der Waals surface area contributed by atoms with Gasteiger partial charge in [-0.3, -0.25) is 14.3 Å². The van der Waals surface area contributed by atoms with Crippen LogP contribution >= 0.6 is 0 Å². The van der Waals surface area contributed by atoms with Gasteiger partial charge in [0.25, 0.3) is 5.56 Å². The highest BCUT2D eigenvalue weighted by atomic mass is 32.2. The van der Waals surface area contributed by atoms with Gasteiger partial charge in [0, 0.05) is 17.7 Å². The van der Waals surface area contributed by atoms with Crippen molar-refractivity contribution in [2.75, 3.05) is 0 Å². The first-order valence-electron chi connectivity index (χ1n) is 10.3. The van der Waals surface area contributed by atoms with Crippen LogP contribution in [0, 0.1) is 6.92 Å². The molecular weight excluding hydrogens is 440 g/mol. The van der Waals surface area contributed by atoms with E-state index in [-0.39, 0.29) is 21.8 Å². The highest BCUT2D eigenvalue weighted by Crippen LogP contribution is 2.26. The smallest absolute Gasteiger partial charge is 0.325 e. The molecule has 0 radical (unpaired) electrons. The van der Waals surface area contributed by atoms with Crippen LogP contribution < -0.4 is 5.56 Å². The van der Waals surface area contributed by atoms with Crippen LogP contribution in [-0.2, 0) is 27.6 Å². The maximum atomic E-state index is 13.4. The fourth-order valence-electron chi connectivity index (χ4n) is 3.87. The van der Waals surface area contributed by atoms with Crippen molar-refractivity contribution in [3.8, 4) is 5.69 Å². The number of hydrogen-bond acceptors (Lipinski definition) is 4. The molecule has 0 aliphatic rings. The summed E-state index contributed by atoms with van der Waals surface area (Å²) in [4.78, 5) is 25.2. The van der Waals surface area contributed by atoms with E-state index in [4.69, 9.17) is 0 Å². The zero-order valence-electron chi connectivity index (χ0n) is 17.9. The second-order valence-corrected chi connectivity index (χ2v) is 9.49. The standard InChI is InChI=1S/C25H22N2O5S/c1-18-22(25(30)27(26(18)17-24(28)29)20-11-4-2-5-12-20)16-19-10-8-9-15-23(19)33(31,32)21-13-6-3-7-14-21/h2-15H,16-17H2,1H3,(H,28,29). The molecule has 8 heteroatoms. The van der Waals surface area contributed by atoms with Crippen molar-refractivity contribution >= 4 is 15.8 Å². The second-order valence-electron chi connectivity index (χ2n) is 7.57. The Balaban J connectivity index is 1.86. The van der Waals surface area contributed by atoms with Crippen molar-refractivity contribution in [3.05, 3.63) is 112 Å². The molecule has 33 heavy (non-hydrogen) atoms. The van der Waals surface area contributed by atoms with Gasteiger partial charge in [-0.15, -0.1) is 0 Å². The number of sulfone groups is 1. The van der Waals surface area contributed by atoms with Crippen molar-refractivity contribution in [2.24, 2.45) is 0 Å². The van der Waals surface area contributed by atoms with Crippen molar-refractivity contribution in [3.63, 3.8) is 0 Å². The maximum Gasteiger partial charge on any atom is 0.325 e. The van der Waals surface area contributed by atoms with Gasteiger partial charge >= 0.3 is 5.97 Å². The summed E-state index contributed by atoms with van der Waals surface area (Å²) in [6.45, 7) is 1.27. The van der Waals surface area contributed by atoms with Crippen molar-refractivity contribution in [1.82, 2.24) is 9.36 Å². The molecular formula is C25H22N2O5S. The Morgan fingerprint density at radius 1 is 0.879 bits per heavy atom. The van der Waals surface area contributed by atoms with Crippen LogP contribution in [0.2, 0.25) is 0 Å². The summed E-state index contributed by atoms with van der Waals surface area (Å²) >= 11 is 0. The summed E-state index contributed by atoms with van der Waals surface area (Å²) < 4.78 is 29.3. The molecule has 168 valence electrons. The highest BCUT2D eigenvalue weighted by molar-refractivity contribution is 7.91. The van der Waals surface area contributed by atoms with E-state index in [9.17, 15) is 23.1 Å². The van der Waals surface area contributed by atoms with Gasteiger partial charge in [-0.2, -0.15) is 0 Å². The van der Waals surface area contributed by atoms with E-state index in [1.807, 2.05) is 0 Å². The van der Waals surface area contributed by atoms with Crippen molar-refractivity contribution in [1.29, 1.82) is 0 Å². The Morgan fingerprint density at radius 2 is 1.45 bits per heavy atom. The largest absolute Gasteiger partial charge is 0.480 e. The Morgan fingerprint density at radius 3 is 2.09 bits per heavy atom. The molecule has 0 aliphatic heterocycles. The first kappa shape index (κ1) is 22.3. The summed E-state index contributed by atoms with van der Waals surface area (Å²) in [5, 5.41) is 9.41. The molecule has 3 aromatic carbocycles. The van der Waals surface area contributed by atoms with E-state index < -0.39 is 22.4 Å². The molecule has 0 spiro atoms. The number of nitrogens with zero attached hydrogens (tertiary/aromatic N) is 2. The number of aliphatic carboxylic acids is 1. The lowest BCUT2D eigenvalue weighted by Gasteiger charge is -2.11. The van der Waals surface area contributed by atoms with E-state index in [2.05, 4.69) is 0 Å². The molecule has 0 aliphatic carbocycles. The average Bonchev–Trinajstić information content (AvgIpc) is 3.04. The minimum absolute atomic E-state index is 0.0480. The predicted octanol–water partition coefficient (Wildman–Crippen LogP) is 3.46. The summed E-state index contributed by atoms with van der Waals surface area (Å²) in [5.74, 6) is -1.09. The fraction of sp³-hybridized carbons (Fsp3) is 0.120. The molecule has 0 amide bonds. The first-order valence-corrected chi connectivity index (χ1v) is 11.8. The van der Waals surface area contributed by atoms with Crippen LogP contribution in [0.1, 0.15) is 16.8 Å². The molecule has 0 unspecified atom stereocenters. The maximum absolute atomic E-state index is 13.4. The molecule has 0 fully saturated rings. The summed E-state index contributed by atoms with van der Waals surface area (Å²) in [5.41, 5.74) is 1.43. The van der Waals surface area contributed by atoms with Crippen LogP contribution in [0.5, 0.6) is 0 Å². The van der Waals surface area contributed by atoms with Crippen LogP contribution in [-0.4, -0.2) is 28.9 Å². The molecule has 0 saturated carbocycles. The topological polar surface area (TPSA) is 98.4 Å². The number of aromatic nitrogens is 2. The molecule has 0 bridgehead atoms. The number of carbonyl (C=O) groups is 1. The van der Waals surface area contributed by atoms with Crippen molar-refractivity contribution in [2.45, 2.75) is 29.7 Å². The summed E-state index contributed by atoms with van der Waals surface area (Å²) in [6, 6.07) is 23.4. The highest BCUT2D eigenvalue weighted by Gasteiger charge is 2.24. The molecule has 0 atom stereocenters. The van der Waals surface area contributed by atoms with Crippen LogP contribution in [0.3, 0.4) is 0 Å². The van der Waals surface area contributed by atoms with Crippen LogP contribution in [0.15, 0.2) is 99.5 Å². The van der Waals surface area contributed by atoms with Gasteiger partial charge in [-0.25, -0.2) is 13.1 Å². The zero-order valence-corrected chi connectivity index (χ0v) is 18.7. The predicted molar refractivity (Wildman–Crippen MR) is 124 cm³/mol. The SMILES string of the molecule is Cc1c(Cc2ccccc2S(=O)(=O)c2ccccc2)c(=O)n(-c2ccccc2)n1CC(=O)O. The lowest BCUT2D eigenvalue weighted by molar-refractivity contribution is -0.138. The first-order chi connectivity index (χ1) is 15.8. The lowest BCUT2D eigenvalue weighted by Crippen LogP contribution is -2.25. The lowest BCUT2D eigenvalue weighted by atomic mass is 10.1. The number of carboxylic acid groups (broad SMARTS) is 1. The third-order valence-electron chi connectivity index (χ3n) is 5.48. The molecule has 4 aromatic rings. The van der Waals surface area contributed by atoms with Gasteiger partial charge in [0.1, 0.15) is 6.54 Å². The Hall–Kier alpha value is -3.91. The van der Waals surface area contributed by atoms with Crippen molar-refractivity contribution < 1.29 is 18.3 Å². The van der Waals surface area contributed by atoms with Crippen LogP contribution in [0.4, 0.5) is 0 Å². The molecule has 4 rings (SSSR count). The third-order valence-corrected chi connectivity index (χ3v) is 7.35. The quantitative estimate of drug-likeness (QED) is 0.454.